The van der Waals surface area contributed by atoms with Crippen LogP contribution in [0.5, 0.6) is 11.5 Å². The predicted molar refractivity (Wildman–Crippen MR) is 147 cm³/mol. The third-order valence-corrected chi connectivity index (χ3v) is 7.04. The molecule has 33 heavy (non-hydrogen) atoms. The molecular formula is C24H25Cl2IN2O3S. The van der Waals surface area contributed by atoms with Crippen molar-refractivity contribution >= 4 is 74.7 Å². The average molecular weight is 619 g/mol. The lowest BCUT2D eigenvalue weighted by Gasteiger charge is -2.20. The van der Waals surface area contributed by atoms with E-state index in [9.17, 15) is 4.79 Å². The minimum absolute atomic E-state index is 0.0264. The summed E-state index contributed by atoms with van der Waals surface area (Å²) in [4.78, 5) is 20.0. The molecule has 1 amide bonds. The summed E-state index contributed by atoms with van der Waals surface area (Å²) in [7, 11) is 1.59. The highest BCUT2D eigenvalue weighted by Crippen LogP contribution is 2.38. The third kappa shape index (κ3) is 6.38. The minimum atomic E-state index is -0.0407. The van der Waals surface area contributed by atoms with Crippen LogP contribution in [-0.4, -0.2) is 35.2 Å². The van der Waals surface area contributed by atoms with Gasteiger partial charge in [0.05, 0.1) is 15.6 Å². The molecule has 1 heterocycles. The van der Waals surface area contributed by atoms with Gasteiger partial charge in [0.25, 0.3) is 5.91 Å². The maximum absolute atomic E-state index is 13.0. The highest BCUT2D eigenvalue weighted by molar-refractivity contribution is 14.1. The van der Waals surface area contributed by atoms with Crippen molar-refractivity contribution in [1.82, 2.24) is 4.90 Å². The van der Waals surface area contributed by atoms with E-state index in [1.165, 1.54) is 11.8 Å². The molecule has 0 saturated carbocycles. The molecule has 0 unspecified atom stereocenters. The molecule has 0 atom stereocenters. The Morgan fingerprint density at radius 3 is 2.52 bits per heavy atom. The second kappa shape index (κ2) is 11.3. The Labute approximate surface area is 222 Å². The molecular weight excluding hydrogens is 594 g/mol. The number of benzene rings is 2. The van der Waals surface area contributed by atoms with Crippen molar-refractivity contribution in [3.8, 4) is 11.5 Å². The van der Waals surface area contributed by atoms with E-state index < -0.39 is 0 Å². The first-order chi connectivity index (χ1) is 15.6. The Kier molecular flexibility index (Phi) is 9.00. The molecule has 176 valence electrons. The van der Waals surface area contributed by atoms with Crippen LogP contribution in [0.4, 0.5) is 0 Å². The van der Waals surface area contributed by atoms with Crippen LogP contribution in [-0.2, 0) is 11.4 Å². The van der Waals surface area contributed by atoms with E-state index in [0.717, 1.165) is 19.9 Å². The topological polar surface area (TPSA) is 51.1 Å². The molecule has 1 saturated heterocycles. The summed E-state index contributed by atoms with van der Waals surface area (Å²) < 4.78 is 12.5. The van der Waals surface area contributed by atoms with Gasteiger partial charge in [-0.25, -0.2) is 0 Å². The zero-order valence-corrected chi connectivity index (χ0v) is 23.5. The van der Waals surface area contributed by atoms with E-state index in [1.807, 2.05) is 52.0 Å². The summed E-state index contributed by atoms with van der Waals surface area (Å²) in [5.41, 5.74) is 1.67. The lowest BCUT2D eigenvalue weighted by atomic mass is 10.1. The maximum Gasteiger partial charge on any atom is 0.266 e. The number of ether oxygens (including phenoxy) is 2. The van der Waals surface area contributed by atoms with Crippen LogP contribution < -0.4 is 9.47 Å². The van der Waals surface area contributed by atoms with E-state index >= 15 is 0 Å². The van der Waals surface area contributed by atoms with Crippen LogP contribution >= 0.6 is 57.6 Å². The van der Waals surface area contributed by atoms with Gasteiger partial charge in [0.15, 0.2) is 16.7 Å². The minimum Gasteiger partial charge on any atom is -0.493 e. The van der Waals surface area contributed by atoms with Crippen molar-refractivity contribution in [2.24, 2.45) is 4.99 Å². The highest BCUT2D eigenvalue weighted by atomic mass is 127. The predicted octanol–water partition coefficient (Wildman–Crippen LogP) is 7.27. The van der Waals surface area contributed by atoms with Gasteiger partial charge in [-0.1, -0.05) is 29.3 Å². The second-order valence-corrected chi connectivity index (χ2v) is 11.0. The molecule has 0 spiro atoms. The molecule has 3 rings (SSSR count). The number of hydrogen-bond acceptors (Lipinski definition) is 5. The Morgan fingerprint density at radius 2 is 1.91 bits per heavy atom. The number of aliphatic imine (C=N–C) groups is 1. The summed E-state index contributed by atoms with van der Waals surface area (Å²) in [6, 6.07) is 9.25. The highest BCUT2D eigenvalue weighted by Gasteiger charge is 2.35. The summed E-state index contributed by atoms with van der Waals surface area (Å²) in [5, 5.41) is 1.85. The van der Waals surface area contributed by atoms with E-state index in [2.05, 4.69) is 27.6 Å². The van der Waals surface area contributed by atoms with E-state index in [4.69, 9.17) is 32.7 Å². The van der Waals surface area contributed by atoms with Crippen molar-refractivity contribution in [3.05, 3.63) is 60.0 Å². The van der Waals surface area contributed by atoms with Gasteiger partial charge < -0.3 is 9.47 Å². The number of amidine groups is 1. The number of amides is 1. The van der Waals surface area contributed by atoms with Gasteiger partial charge in [-0.15, -0.1) is 0 Å². The molecule has 0 aliphatic carbocycles. The van der Waals surface area contributed by atoms with Gasteiger partial charge in [0.2, 0.25) is 0 Å². The van der Waals surface area contributed by atoms with Crippen molar-refractivity contribution in [2.45, 2.75) is 46.4 Å². The van der Waals surface area contributed by atoms with Crippen molar-refractivity contribution in [3.63, 3.8) is 0 Å². The van der Waals surface area contributed by atoms with E-state index in [1.54, 1.807) is 24.1 Å². The SMILES string of the molecule is COc1cc(/C=C2/SC(=NC(C)C)N(C(C)C)C2=O)cc(I)c1OCc1ccc(Cl)cc1Cl. The molecule has 2 aromatic carbocycles. The Morgan fingerprint density at radius 1 is 1.18 bits per heavy atom. The molecule has 0 radical (unpaired) electrons. The number of rotatable bonds is 7. The number of carbonyl (C=O) groups is 1. The van der Waals surface area contributed by atoms with Crippen LogP contribution in [0.1, 0.15) is 38.8 Å². The van der Waals surface area contributed by atoms with Crippen molar-refractivity contribution < 1.29 is 14.3 Å². The number of thioether (sulfide) groups is 1. The first kappa shape index (κ1) is 26.2. The number of nitrogens with zero attached hydrogens (tertiary/aromatic N) is 2. The fraction of sp³-hybridized carbons (Fsp3) is 0.333. The van der Waals surface area contributed by atoms with Gasteiger partial charge >= 0.3 is 0 Å². The van der Waals surface area contributed by atoms with Crippen LogP contribution in [0.3, 0.4) is 0 Å². The smallest absolute Gasteiger partial charge is 0.266 e. The number of carbonyl (C=O) groups excluding carboxylic acids is 1. The summed E-state index contributed by atoms with van der Waals surface area (Å²) in [6.45, 7) is 8.25. The van der Waals surface area contributed by atoms with Crippen molar-refractivity contribution in [1.29, 1.82) is 0 Å². The van der Waals surface area contributed by atoms with Gasteiger partial charge in [0, 0.05) is 27.7 Å². The lowest BCUT2D eigenvalue weighted by Crippen LogP contribution is -2.35. The monoisotopic (exact) mass is 618 g/mol. The van der Waals surface area contributed by atoms with Gasteiger partial charge in [0.1, 0.15) is 6.61 Å². The molecule has 0 bridgehead atoms. The van der Waals surface area contributed by atoms with Gasteiger partial charge in [-0.2, -0.15) is 0 Å². The van der Waals surface area contributed by atoms with E-state index in [0.29, 0.717) is 26.4 Å². The molecule has 0 N–H and O–H groups in total. The molecule has 2 aromatic rings. The molecule has 1 aliphatic heterocycles. The zero-order valence-electron chi connectivity index (χ0n) is 19.0. The Balaban J connectivity index is 1.88. The van der Waals surface area contributed by atoms with Crippen LogP contribution in [0.25, 0.3) is 6.08 Å². The molecule has 9 heteroatoms. The lowest BCUT2D eigenvalue weighted by molar-refractivity contribution is -0.123. The normalized spacial score (nSPS) is 16.5. The third-order valence-electron chi connectivity index (χ3n) is 4.66. The number of halogens is 3. The fourth-order valence-electron chi connectivity index (χ4n) is 3.16. The number of methoxy groups -OCH3 is 1. The summed E-state index contributed by atoms with van der Waals surface area (Å²) in [5.74, 6) is 1.15. The average Bonchev–Trinajstić information content (AvgIpc) is 3.02. The van der Waals surface area contributed by atoms with Crippen LogP contribution in [0, 0.1) is 3.57 Å². The fourth-order valence-corrected chi connectivity index (χ4v) is 5.63. The summed E-state index contributed by atoms with van der Waals surface area (Å²) >= 11 is 15.8. The van der Waals surface area contributed by atoms with Crippen LogP contribution in [0.2, 0.25) is 10.0 Å². The molecule has 5 nitrogen and oxygen atoms in total. The number of hydrogen-bond donors (Lipinski definition) is 0. The van der Waals surface area contributed by atoms with E-state index in [-0.39, 0.29) is 24.6 Å². The van der Waals surface area contributed by atoms with Gasteiger partial charge in [-0.3, -0.25) is 14.7 Å². The summed E-state index contributed by atoms with van der Waals surface area (Å²) in [6.07, 6.45) is 1.87. The molecule has 0 aromatic heterocycles. The first-order valence-corrected chi connectivity index (χ1v) is 13.0. The van der Waals surface area contributed by atoms with Crippen LogP contribution in [0.15, 0.2) is 40.2 Å². The molecule has 1 fully saturated rings. The maximum atomic E-state index is 13.0. The molecule has 1 aliphatic rings. The van der Waals surface area contributed by atoms with Crippen molar-refractivity contribution in [2.75, 3.05) is 7.11 Å². The Bertz CT molecular complexity index is 1120. The largest absolute Gasteiger partial charge is 0.493 e. The first-order valence-electron chi connectivity index (χ1n) is 10.4. The quantitative estimate of drug-likeness (QED) is 0.242. The standard InChI is InChI=1S/C24H25Cl2IN2O3S/c1-13(2)28-24-29(14(3)4)23(30)21(33-24)10-15-8-19(27)22(20(9-15)31-5)32-12-16-6-7-17(25)11-18(16)26/h6-11,13-14H,12H2,1-5H3/b21-10+,28-24?. The zero-order chi connectivity index (χ0) is 24.3. The second-order valence-electron chi connectivity index (χ2n) is 7.94. The van der Waals surface area contributed by atoms with Gasteiger partial charge in [-0.05, 0) is 98.0 Å². The Hall–Kier alpha value is -1.42.